The fraction of sp³-hybridized carbons (Fsp3) is 0.0769. The van der Waals surface area contributed by atoms with Crippen LogP contribution in [0.2, 0.25) is 5.02 Å². The number of halogens is 4. The minimum atomic E-state index is -0.436. The molecular weight excluding hydrogens is 342 g/mol. The Bertz CT molecular complexity index is 575. The predicted molar refractivity (Wildman–Crippen MR) is 75.2 cm³/mol. The molecule has 0 fully saturated rings. The molecule has 0 aromatic heterocycles. The maximum Gasteiger partial charge on any atom is 0.165 e. The normalized spacial score (nSPS) is 10.4. The van der Waals surface area contributed by atoms with Crippen molar-refractivity contribution >= 4 is 39.1 Å². The van der Waals surface area contributed by atoms with E-state index in [0.717, 1.165) is 4.47 Å². The second-order valence-corrected chi connectivity index (χ2v) is 5.18. The van der Waals surface area contributed by atoms with Crippen LogP contribution in [0, 0.1) is 5.82 Å². The molecule has 0 atom stereocenters. The fourth-order valence-electron chi connectivity index (χ4n) is 1.43. The van der Waals surface area contributed by atoms with Crippen LogP contribution in [-0.2, 0) is 5.88 Å². The van der Waals surface area contributed by atoms with Crippen molar-refractivity contribution < 1.29 is 9.13 Å². The monoisotopic (exact) mass is 348 g/mol. The summed E-state index contributed by atoms with van der Waals surface area (Å²) in [5, 5.41) is 0.563. The third-order valence-electron chi connectivity index (χ3n) is 2.28. The highest BCUT2D eigenvalue weighted by molar-refractivity contribution is 9.10. The van der Waals surface area contributed by atoms with Gasteiger partial charge in [0, 0.05) is 15.1 Å². The molecule has 0 heterocycles. The van der Waals surface area contributed by atoms with E-state index in [1.807, 2.05) is 0 Å². The molecule has 0 radical (unpaired) electrons. The van der Waals surface area contributed by atoms with Gasteiger partial charge in [0.15, 0.2) is 11.6 Å². The summed E-state index contributed by atoms with van der Waals surface area (Å²) in [7, 11) is 0. The van der Waals surface area contributed by atoms with E-state index in [-0.39, 0.29) is 11.6 Å². The molecule has 2 aromatic rings. The minimum Gasteiger partial charge on any atom is -0.454 e. The van der Waals surface area contributed by atoms with Crippen LogP contribution in [0.15, 0.2) is 40.9 Å². The molecule has 0 spiro atoms. The van der Waals surface area contributed by atoms with E-state index < -0.39 is 5.82 Å². The molecule has 0 aliphatic rings. The van der Waals surface area contributed by atoms with E-state index in [9.17, 15) is 4.39 Å². The van der Waals surface area contributed by atoms with Gasteiger partial charge in [-0.2, -0.15) is 0 Å². The fourth-order valence-corrected chi connectivity index (χ4v) is 2.17. The SMILES string of the molecule is Fc1ccc(Br)cc1Oc1ccc(Cl)cc1CCl. The van der Waals surface area contributed by atoms with Gasteiger partial charge in [0.2, 0.25) is 0 Å². The lowest BCUT2D eigenvalue weighted by Crippen LogP contribution is -1.92. The van der Waals surface area contributed by atoms with Crippen LogP contribution in [0.3, 0.4) is 0 Å². The molecule has 0 saturated heterocycles. The minimum absolute atomic E-state index is 0.137. The maximum atomic E-state index is 13.6. The molecular formula is C13H8BrCl2FO. The molecule has 0 aliphatic heterocycles. The zero-order valence-corrected chi connectivity index (χ0v) is 12.2. The third-order valence-corrected chi connectivity index (χ3v) is 3.30. The molecule has 94 valence electrons. The van der Waals surface area contributed by atoms with Crippen LogP contribution in [0.1, 0.15) is 5.56 Å². The number of alkyl halides is 1. The van der Waals surface area contributed by atoms with E-state index in [2.05, 4.69) is 15.9 Å². The average molecular weight is 350 g/mol. The van der Waals surface area contributed by atoms with Gasteiger partial charge >= 0.3 is 0 Å². The van der Waals surface area contributed by atoms with Crippen molar-refractivity contribution in [1.29, 1.82) is 0 Å². The first kappa shape index (κ1) is 13.7. The van der Waals surface area contributed by atoms with E-state index in [1.54, 1.807) is 30.3 Å². The Morgan fingerprint density at radius 1 is 1.11 bits per heavy atom. The van der Waals surface area contributed by atoms with E-state index in [4.69, 9.17) is 27.9 Å². The largest absolute Gasteiger partial charge is 0.454 e. The van der Waals surface area contributed by atoms with E-state index in [0.29, 0.717) is 16.3 Å². The number of hydrogen-bond acceptors (Lipinski definition) is 1. The first-order valence-electron chi connectivity index (χ1n) is 5.07. The van der Waals surface area contributed by atoms with Crippen molar-refractivity contribution in [3.8, 4) is 11.5 Å². The topological polar surface area (TPSA) is 9.23 Å². The molecule has 5 heteroatoms. The Hall–Kier alpha value is -0.770. The molecule has 0 aliphatic carbocycles. The van der Waals surface area contributed by atoms with Crippen molar-refractivity contribution in [2.24, 2.45) is 0 Å². The van der Waals surface area contributed by atoms with Crippen molar-refractivity contribution in [2.75, 3.05) is 0 Å². The lowest BCUT2D eigenvalue weighted by Gasteiger charge is -2.11. The lowest BCUT2D eigenvalue weighted by atomic mass is 10.2. The zero-order chi connectivity index (χ0) is 13.1. The van der Waals surface area contributed by atoms with Crippen molar-refractivity contribution in [3.63, 3.8) is 0 Å². The Kier molecular flexibility index (Phi) is 4.49. The number of hydrogen-bond donors (Lipinski definition) is 0. The van der Waals surface area contributed by atoms with Crippen LogP contribution in [0.4, 0.5) is 4.39 Å². The molecule has 18 heavy (non-hydrogen) atoms. The highest BCUT2D eigenvalue weighted by Gasteiger charge is 2.09. The van der Waals surface area contributed by atoms with Gasteiger partial charge in [-0.1, -0.05) is 27.5 Å². The Morgan fingerprint density at radius 2 is 1.89 bits per heavy atom. The third kappa shape index (κ3) is 3.16. The molecule has 2 rings (SSSR count). The summed E-state index contributed by atoms with van der Waals surface area (Å²) in [6.45, 7) is 0. The first-order valence-corrected chi connectivity index (χ1v) is 6.78. The summed E-state index contributed by atoms with van der Waals surface area (Å²) in [6.07, 6.45) is 0. The number of ether oxygens (including phenoxy) is 1. The summed E-state index contributed by atoms with van der Waals surface area (Å²) in [5.41, 5.74) is 0.712. The standard InChI is InChI=1S/C13H8BrCl2FO/c14-9-1-3-11(17)13(6-9)18-12-4-2-10(16)5-8(12)7-15/h1-6H,7H2. The Balaban J connectivity index is 2.36. The van der Waals surface area contributed by atoms with Gasteiger partial charge in [-0.05, 0) is 36.4 Å². The summed E-state index contributed by atoms with van der Waals surface area (Å²) in [5.74, 6) is 0.434. The van der Waals surface area contributed by atoms with Gasteiger partial charge in [-0.25, -0.2) is 4.39 Å². The van der Waals surface area contributed by atoms with Crippen molar-refractivity contribution in [1.82, 2.24) is 0 Å². The maximum absolute atomic E-state index is 13.6. The molecule has 0 unspecified atom stereocenters. The number of benzene rings is 2. The number of rotatable bonds is 3. The van der Waals surface area contributed by atoms with Crippen molar-refractivity contribution in [2.45, 2.75) is 5.88 Å². The van der Waals surface area contributed by atoms with Crippen LogP contribution >= 0.6 is 39.1 Å². The van der Waals surface area contributed by atoms with E-state index >= 15 is 0 Å². The van der Waals surface area contributed by atoms with Crippen LogP contribution in [0.5, 0.6) is 11.5 Å². The molecule has 0 N–H and O–H groups in total. The first-order chi connectivity index (χ1) is 8.60. The lowest BCUT2D eigenvalue weighted by molar-refractivity contribution is 0.439. The Morgan fingerprint density at radius 3 is 2.61 bits per heavy atom. The summed E-state index contributed by atoms with van der Waals surface area (Å²) in [6, 6.07) is 9.52. The van der Waals surface area contributed by atoms with Gasteiger partial charge < -0.3 is 4.74 Å². The van der Waals surface area contributed by atoms with E-state index in [1.165, 1.54) is 6.07 Å². The summed E-state index contributed by atoms with van der Waals surface area (Å²) in [4.78, 5) is 0. The van der Waals surface area contributed by atoms with Crippen molar-refractivity contribution in [3.05, 3.63) is 57.3 Å². The zero-order valence-electron chi connectivity index (χ0n) is 9.09. The highest BCUT2D eigenvalue weighted by atomic mass is 79.9. The molecule has 0 bridgehead atoms. The Labute approximate surface area is 123 Å². The highest BCUT2D eigenvalue weighted by Crippen LogP contribution is 2.31. The molecule has 0 saturated carbocycles. The molecule has 1 nitrogen and oxygen atoms in total. The molecule has 2 aromatic carbocycles. The summed E-state index contributed by atoms with van der Waals surface area (Å²) >= 11 is 14.9. The van der Waals surface area contributed by atoms with Crippen LogP contribution < -0.4 is 4.74 Å². The quantitative estimate of drug-likeness (QED) is 0.639. The summed E-state index contributed by atoms with van der Waals surface area (Å²) < 4.78 is 19.8. The average Bonchev–Trinajstić information content (AvgIpc) is 2.36. The second-order valence-electron chi connectivity index (χ2n) is 3.56. The predicted octanol–water partition coefficient (Wildman–Crippen LogP) is 5.77. The van der Waals surface area contributed by atoms with Gasteiger partial charge in [0.05, 0.1) is 5.88 Å². The van der Waals surface area contributed by atoms with Crippen LogP contribution in [0.25, 0.3) is 0 Å². The van der Waals surface area contributed by atoms with Gasteiger partial charge in [-0.3, -0.25) is 0 Å². The second kappa shape index (κ2) is 5.91. The van der Waals surface area contributed by atoms with Crippen LogP contribution in [-0.4, -0.2) is 0 Å². The molecule has 0 amide bonds. The van der Waals surface area contributed by atoms with Gasteiger partial charge in [0.25, 0.3) is 0 Å². The smallest absolute Gasteiger partial charge is 0.165 e. The van der Waals surface area contributed by atoms with Gasteiger partial charge in [0.1, 0.15) is 5.75 Å². The van der Waals surface area contributed by atoms with Gasteiger partial charge in [-0.15, -0.1) is 11.6 Å².